The lowest BCUT2D eigenvalue weighted by molar-refractivity contribution is -0.130. The Morgan fingerprint density at radius 2 is 1.95 bits per heavy atom. The quantitative estimate of drug-likeness (QED) is 0.730. The molecule has 2 aliphatic rings. The monoisotopic (exact) mass is 268 g/mol. The molecule has 0 unspecified atom stereocenters. The first-order valence-electron chi connectivity index (χ1n) is 7.01. The number of hydrogen-bond acceptors (Lipinski definition) is 3. The van der Waals surface area contributed by atoms with Crippen molar-refractivity contribution in [3.05, 3.63) is 0 Å². The lowest BCUT2D eigenvalue weighted by Gasteiger charge is -2.37. The number of nitrogens with one attached hydrogen (secondary N) is 1. The Bertz CT molecular complexity index is 379. The summed E-state index contributed by atoms with van der Waals surface area (Å²) < 4.78 is 5.36. The Balaban J connectivity index is 1.93. The number of carbonyl (C=O) groups is 2. The molecular weight excluding hydrogens is 244 g/mol. The number of rotatable bonds is 0. The SMILES string of the molecule is C[C@@H]1CC2(CCN(C(=O)OC(C)(C)C)CC2)C(=O)N1. The molecule has 0 aliphatic carbocycles. The molecular formula is C14H24N2O3. The Morgan fingerprint density at radius 1 is 1.37 bits per heavy atom. The van der Waals surface area contributed by atoms with Crippen LogP contribution >= 0.6 is 0 Å². The largest absolute Gasteiger partial charge is 0.444 e. The molecule has 2 rings (SSSR count). The number of nitrogens with zero attached hydrogens (tertiary/aromatic N) is 1. The summed E-state index contributed by atoms with van der Waals surface area (Å²) in [6.45, 7) is 8.84. The molecule has 1 spiro atoms. The summed E-state index contributed by atoms with van der Waals surface area (Å²) in [6, 6.07) is 0.251. The molecule has 2 fully saturated rings. The van der Waals surface area contributed by atoms with Gasteiger partial charge in [-0.3, -0.25) is 4.79 Å². The van der Waals surface area contributed by atoms with E-state index < -0.39 is 5.60 Å². The van der Waals surface area contributed by atoms with Crippen molar-refractivity contribution in [3.63, 3.8) is 0 Å². The first-order chi connectivity index (χ1) is 8.72. The Morgan fingerprint density at radius 3 is 2.37 bits per heavy atom. The molecule has 1 atom stereocenters. The fourth-order valence-electron chi connectivity index (χ4n) is 2.98. The normalized spacial score (nSPS) is 26.4. The maximum absolute atomic E-state index is 12.0. The van der Waals surface area contributed by atoms with Gasteiger partial charge in [-0.25, -0.2) is 4.79 Å². The third-order valence-electron chi connectivity index (χ3n) is 3.93. The van der Waals surface area contributed by atoms with Gasteiger partial charge in [0.05, 0.1) is 5.41 Å². The number of ether oxygens (including phenoxy) is 1. The first kappa shape index (κ1) is 14.2. The molecule has 2 aliphatic heterocycles. The van der Waals surface area contributed by atoms with Crippen LogP contribution in [0.25, 0.3) is 0 Å². The molecule has 0 radical (unpaired) electrons. The van der Waals surface area contributed by atoms with E-state index in [0.29, 0.717) is 13.1 Å². The summed E-state index contributed by atoms with van der Waals surface area (Å²) in [4.78, 5) is 25.7. The highest BCUT2D eigenvalue weighted by molar-refractivity contribution is 5.85. The minimum atomic E-state index is -0.467. The fourth-order valence-corrected chi connectivity index (χ4v) is 2.98. The van der Waals surface area contributed by atoms with Gasteiger partial charge >= 0.3 is 6.09 Å². The average Bonchev–Trinajstić information content (AvgIpc) is 2.52. The lowest BCUT2D eigenvalue weighted by atomic mass is 9.76. The molecule has 0 aromatic heterocycles. The van der Waals surface area contributed by atoms with Crippen LogP contribution in [0.2, 0.25) is 0 Å². The van der Waals surface area contributed by atoms with Crippen LogP contribution in [0.5, 0.6) is 0 Å². The van der Waals surface area contributed by atoms with Crippen LogP contribution in [0.15, 0.2) is 0 Å². The topological polar surface area (TPSA) is 58.6 Å². The van der Waals surface area contributed by atoms with Gasteiger partial charge in [0.15, 0.2) is 0 Å². The minimum Gasteiger partial charge on any atom is -0.444 e. The van der Waals surface area contributed by atoms with Gasteiger partial charge in [0.1, 0.15) is 5.60 Å². The fraction of sp³-hybridized carbons (Fsp3) is 0.857. The predicted octanol–water partition coefficient (Wildman–Crippen LogP) is 1.91. The molecule has 2 saturated heterocycles. The zero-order chi connectivity index (χ0) is 14.3. The van der Waals surface area contributed by atoms with E-state index >= 15 is 0 Å². The number of piperidine rings is 1. The van der Waals surface area contributed by atoms with Crippen molar-refractivity contribution in [1.82, 2.24) is 10.2 Å². The minimum absolute atomic E-state index is 0.156. The summed E-state index contributed by atoms with van der Waals surface area (Å²) in [6.07, 6.45) is 2.09. The summed E-state index contributed by atoms with van der Waals surface area (Å²) in [5.74, 6) is 0.156. The van der Waals surface area contributed by atoms with Gasteiger partial charge < -0.3 is 15.0 Å². The van der Waals surface area contributed by atoms with Gasteiger partial charge in [-0.15, -0.1) is 0 Å². The maximum atomic E-state index is 12.0. The summed E-state index contributed by atoms with van der Waals surface area (Å²) in [5.41, 5.74) is -0.719. The predicted molar refractivity (Wildman–Crippen MR) is 71.7 cm³/mol. The molecule has 5 nitrogen and oxygen atoms in total. The number of amides is 2. The van der Waals surface area contributed by atoms with Crippen LogP contribution in [-0.4, -0.2) is 41.6 Å². The van der Waals surface area contributed by atoms with Gasteiger partial charge in [0.25, 0.3) is 0 Å². The van der Waals surface area contributed by atoms with Gasteiger partial charge in [0, 0.05) is 19.1 Å². The van der Waals surface area contributed by atoms with Crippen molar-refractivity contribution < 1.29 is 14.3 Å². The van der Waals surface area contributed by atoms with E-state index in [4.69, 9.17) is 4.74 Å². The molecule has 0 bridgehead atoms. The highest BCUT2D eigenvalue weighted by atomic mass is 16.6. The second-order valence-corrected chi connectivity index (χ2v) is 6.83. The number of likely N-dealkylation sites (tertiary alicyclic amines) is 1. The third-order valence-corrected chi connectivity index (χ3v) is 3.93. The summed E-state index contributed by atoms with van der Waals surface area (Å²) in [5, 5.41) is 2.99. The average molecular weight is 268 g/mol. The smallest absolute Gasteiger partial charge is 0.410 e. The van der Waals surface area contributed by atoms with Gasteiger partial charge in [-0.1, -0.05) is 0 Å². The second kappa shape index (κ2) is 4.69. The zero-order valence-electron chi connectivity index (χ0n) is 12.3. The number of hydrogen-bond donors (Lipinski definition) is 1. The van der Waals surface area contributed by atoms with Gasteiger partial charge in [0.2, 0.25) is 5.91 Å². The molecule has 2 amide bonds. The van der Waals surface area contributed by atoms with Crippen LogP contribution in [0.3, 0.4) is 0 Å². The van der Waals surface area contributed by atoms with E-state index in [2.05, 4.69) is 5.32 Å². The molecule has 1 N–H and O–H groups in total. The Labute approximate surface area is 114 Å². The van der Waals surface area contributed by atoms with Crippen molar-refractivity contribution in [2.45, 2.75) is 58.6 Å². The molecule has 0 aromatic rings. The van der Waals surface area contributed by atoms with E-state index in [0.717, 1.165) is 19.3 Å². The maximum Gasteiger partial charge on any atom is 0.410 e. The second-order valence-electron chi connectivity index (χ2n) is 6.83. The van der Waals surface area contributed by atoms with Crippen molar-refractivity contribution in [2.75, 3.05) is 13.1 Å². The van der Waals surface area contributed by atoms with E-state index in [1.165, 1.54) is 0 Å². The highest BCUT2D eigenvalue weighted by Gasteiger charge is 2.47. The third kappa shape index (κ3) is 3.01. The highest BCUT2D eigenvalue weighted by Crippen LogP contribution is 2.40. The van der Waals surface area contributed by atoms with Crippen LogP contribution < -0.4 is 5.32 Å². The van der Waals surface area contributed by atoms with E-state index in [9.17, 15) is 9.59 Å². The number of carbonyl (C=O) groups excluding carboxylic acids is 2. The van der Waals surface area contributed by atoms with Crippen LogP contribution in [0.4, 0.5) is 4.79 Å². The Hall–Kier alpha value is -1.26. The first-order valence-corrected chi connectivity index (χ1v) is 7.01. The molecule has 2 heterocycles. The van der Waals surface area contributed by atoms with Crippen LogP contribution in [-0.2, 0) is 9.53 Å². The molecule has 0 saturated carbocycles. The van der Waals surface area contributed by atoms with E-state index in [1.807, 2.05) is 27.7 Å². The zero-order valence-corrected chi connectivity index (χ0v) is 12.3. The van der Waals surface area contributed by atoms with Crippen molar-refractivity contribution in [1.29, 1.82) is 0 Å². The summed E-state index contributed by atoms with van der Waals surface area (Å²) >= 11 is 0. The van der Waals surface area contributed by atoms with Gasteiger partial charge in [-0.2, -0.15) is 0 Å². The standard InChI is InChI=1S/C14H24N2O3/c1-10-9-14(11(17)15-10)5-7-16(8-6-14)12(18)19-13(2,3)4/h10H,5-9H2,1-4H3,(H,15,17)/t10-/m1/s1. The van der Waals surface area contributed by atoms with Crippen molar-refractivity contribution >= 4 is 12.0 Å². The molecule has 108 valence electrons. The van der Waals surface area contributed by atoms with Crippen LogP contribution in [0, 0.1) is 5.41 Å². The van der Waals surface area contributed by atoms with Crippen molar-refractivity contribution in [2.24, 2.45) is 5.41 Å². The Kier molecular flexibility index (Phi) is 3.49. The lowest BCUT2D eigenvalue weighted by Crippen LogP contribution is -2.47. The van der Waals surface area contributed by atoms with E-state index in [1.54, 1.807) is 4.90 Å². The molecule has 0 aromatic carbocycles. The van der Waals surface area contributed by atoms with Gasteiger partial charge in [-0.05, 0) is 47.0 Å². The van der Waals surface area contributed by atoms with Crippen LogP contribution in [0.1, 0.15) is 47.0 Å². The molecule has 5 heteroatoms. The molecule has 19 heavy (non-hydrogen) atoms. The van der Waals surface area contributed by atoms with Crippen molar-refractivity contribution in [3.8, 4) is 0 Å². The van der Waals surface area contributed by atoms with E-state index in [-0.39, 0.29) is 23.5 Å². The summed E-state index contributed by atoms with van der Waals surface area (Å²) in [7, 11) is 0.